The number of pyridine rings is 1. The minimum Gasteiger partial charge on any atom is -0.350 e. The molecule has 5 heteroatoms. The van der Waals surface area contributed by atoms with Crippen LogP contribution in [0.4, 0.5) is 0 Å². The molecule has 0 bridgehead atoms. The number of aromatic nitrogens is 1. The standard InChI is InChI=1S/C19H24ClN3O/c1-13-7-9-23(10-8-13)14(2)12-21-19(24)16-11-18(20)22-17-6-4-3-5-15(16)17/h3-6,11,13-14H,7-10,12H2,1-2H3,(H,21,24). The second kappa shape index (κ2) is 7.49. The van der Waals surface area contributed by atoms with E-state index < -0.39 is 0 Å². The maximum Gasteiger partial charge on any atom is 0.252 e. The van der Waals surface area contributed by atoms with Gasteiger partial charge in [0, 0.05) is 18.0 Å². The highest BCUT2D eigenvalue weighted by molar-refractivity contribution is 6.30. The number of amides is 1. The van der Waals surface area contributed by atoms with E-state index in [-0.39, 0.29) is 5.91 Å². The zero-order valence-electron chi connectivity index (χ0n) is 14.3. The summed E-state index contributed by atoms with van der Waals surface area (Å²) in [4.78, 5) is 19.4. The summed E-state index contributed by atoms with van der Waals surface area (Å²) in [6.07, 6.45) is 2.48. The van der Waals surface area contributed by atoms with E-state index in [0.29, 0.717) is 23.3 Å². The van der Waals surface area contributed by atoms with Crippen LogP contribution < -0.4 is 5.32 Å². The fourth-order valence-corrected chi connectivity index (χ4v) is 3.47. The molecular formula is C19H24ClN3O. The van der Waals surface area contributed by atoms with Gasteiger partial charge in [-0.05, 0) is 50.9 Å². The molecule has 0 spiro atoms. The monoisotopic (exact) mass is 345 g/mol. The number of nitrogens with zero attached hydrogens (tertiary/aromatic N) is 2. The van der Waals surface area contributed by atoms with E-state index in [1.54, 1.807) is 6.07 Å². The lowest BCUT2D eigenvalue weighted by Gasteiger charge is -2.35. The summed E-state index contributed by atoms with van der Waals surface area (Å²) in [7, 11) is 0. The van der Waals surface area contributed by atoms with Crippen molar-refractivity contribution in [1.29, 1.82) is 0 Å². The van der Waals surface area contributed by atoms with Crippen LogP contribution in [0.5, 0.6) is 0 Å². The van der Waals surface area contributed by atoms with Gasteiger partial charge in [0.15, 0.2) is 0 Å². The maximum absolute atomic E-state index is 12.6. The first-order valence-electron chi connectivity index (χ1n) is 8.62. The molecule has 1 saturated heterocycles. The fraction of sp³-hybridized carbons (Fsp3) is 0.474. The summed E-state index contributed by atoms with van der Waals surface area (Å²) in [6.45, 7) is 7.35. The Hall–Kier alpha value is -1.65. The molecule has 1 aliphatic heterocycles. The molecule has 1 N–H and O–H groups in total. The first-order chi connectivity index (χ1) is 11.5. The Labute approximate surface area is 148 Å². The van der Waals surface area contributed by atoms with Crippen molar-refractivity contribution in [3.8, 4) is 0 Å². The predicted octanol–water partition coefficient (Wildman–Crippen LogP) is 3.74. The van der Waals surface area contributed by atoms with Gasteiger partial charge in [0.2, 0.25) is 0 Å². The second-order valence-corrected chi connectivity index (χ2v) is 7.17. The molecule has 0 saturated carbocycles. The smallest absolute Gasteiger partial charge is 0.252 e. The largest absolute Gasteiger partial charge is 0.350 e. The van der Waals surface area contributed by atoms with Gasteiger partial charge in [-0.3, -0.25) is 9.69 Å². The SMILES string of the molecule is CC1CCN(C(C)CNC(=O)c2cc(Cl)nc3ccccc23)CC1. The van der Waals surface area contributed by atoms with Crippen LogP contribution in [0, 0.1) is 5.92 Å². The van der Waals surface area contributed by atoms with E-state index in [9.17, 15) is 4.79 Å². The van der Waals surface area contributed by atoms with Gasteiger partial charge in [-0.15, -0.1) is 0 Å². The number of fused-ring (bicyclic) bond motifs is 1. The average Bonchev–Trinajstić information content (AvgIpc) is 2.59. The van der Waals surface area contributed by atoms with E-state index in [1.807, 2.05) is 24.3 Å². The molecule has 24 heavy (non-hydrogen) atoms. The number of benzene rings is 1. The summed E-state index contributed by atoms with van der Waals surface area (Å²) in [5, 5.41) is 4.24. The van der Waals surface area contributed by atoms with Crippen molar-refractivity contribution in [2.24, 2.45) is 5.92 Å². The Morgan fingerprint density at radius 2 is 2.08 bits per heavy atom. The molecule has 128 valence electrons. The number of piperidine rings is 1. The summed E-state index contributed by atoms with van der Waals surface area (Å²) in [5.41, 5.74) is 1.33. The van der Waals surface area contributed by atoms with E-state index in [2.05, 4.69) is 29.0 Å². The predicted molar refractivity (Wildman–Crippen MR) is 98.5 cm³/mol. The summed E-state index contributed by atoms with van der Waals surface area (Å²) in [6, 6.07) is 9.56. The lowest BCUT2D eigenvalue weighted by Crippen LogP contribution is -2.45. The quantitative estimate of drug-likeness (QED) is 0.858. The number of hydrogen-bond acceptors (Lipinski definition) is 3. The first kappa shape index (κ1) is 17.2. The van der Waals surface area contributed by atoms with Crippen molar-refractivity contribution in [2.45, 2.75) is 32.7 Å². The highest BCUT2D eigenvalue weighted by Crippen LogP contribution is 2.21. The number of para-hydroxylation sites is 1. The Kier molecular flexibility index (Phi) is 5.36. The molecule has 3 rings (SSSR count). The molecule has 4 nitrogen and oxygen atoms in total. The molecule has 1 unspecified atom stereocenters. The van der Waals surface area contributed by atoms with Crippen LogP contribution in [0.15, 0.2) is 30.3 Å². The molecule has 1 aromatic heterocycles. The van der Waals surface area contributed by atoms with Gasteiger partial charge in [-0.25, -0.2) is 4.98 Å². The summed E-state index contributed by atoms with van der Waals surface area (Å²) in [5.74, 6) is 0.723. The molecule has 1 aromatic carbocycles. The molecule has 1 aliphatic rings. The third-order valence-electron chi connectivity index (χ3n) is 4.93. The van der Waals surface area contributed by atoms with Crippen LogP contribution in [-0.2, 0) is 0 Å². The Bertz CT molecular complexity index is 726. The number of nitrogens with one attached hydrogen (secondary N) is 1. The van der Waals surface area contributed by atoms with Gasteiger partial charge in [-0.2, -0.15) is 0 Å². The Morgan fingerprint density at radius 3 is 2.83 bits per heavy atom. The molecule has 0 aliphatic carbocycles. The number of hydrogen-bond donors (Lipinski definition) is 1. The summed E-state index contributed by atoms with van der Waals surface area (Å²) >= 11 is 6.07. The van der Waals surface area contributed by atoms with E-state index in [0.717, 1.165) is 29.9 Å². The lowest BCUT2D eigenvalue weighted by molar-refractivity contribution is 0.0923. The molecule has 1 amide bonds. The van der Waals surface area contributed by atoms with E-state index in [4.69, 9.17) is 11.6 Å². The van der Waals surface area contributed by atoms with Crippen molar-refractivity contribution in [1.82, 2.24) is 15.2 Å². The average molecular weight is 346 g/mol. The zero-order valence-corrected chi connectivity index (χ0v) is 15.0. The van der Waals surface area contributed by atoms with Crippen molar-refractivity contribution >= 4 is 28.4 Å². The molecular weight excluding hydrogens is 322 g/mol. The Balaban J connectivity index is 1.67. The van der Waals surface area contributed by atoms with Gasteiger partial charge < -0.3 is 5.32 Å². The highest BCUT2D eigenvalue weighted by atomic mass is 35.5. The van der Waals surface area contributed by atoms with E-state index in [1.165, 1.54) is 12.8 Å². The number of carbonyl (C=O) groups excluding carboxylic acids is 1. The van der Waals surface area contributed by atoms with Crippen molar-refractivity contribution in [3.63, 3.8) is 0 Å². The molecule has 0 radical (unpaired) electrons. The summed E-state index contributed by atoms with van der Waals surface area (Å²) < 4.78 is 0. The van der Waals surface area contributed by atoms with Crippen LogP contribution in [0.2, 0.25) is 5.15 Å². The van der Waals surface area contributed by atoms with E-state index >= 15 is 0 Å². The molecule has 1 atom stereocenters. The molecule has 2 aromatic rings. The van der Waals surface area contributed by atoms with Gasteiger partial charge in [0.05, 0.1) is 11.1 Å². The van der Waals surface area contributed by atoms with Crippen LogP contribution >= 0.6 is 11.6 Å². The van der Waals surface area contributed by atoms with Gasteiger partial charge in [0.1, 0.15) is 5.15 Å². The zero-order chi connectivity index (χ0) is 17.1. The van der Waals surface area contributed by atoms with Crippen LogP contribution in [0.25, 0.3) is 10.9 Å². The van der Waals surface area contributed by atoms with Crippen molar-refractivity contribution in [3.05, 3.63) is 41.0 Å². The number of halogens is 1. The van der Waals surface area contributed by atoms with Crippen molar-refractivity contribution < 1.29 is 4.79 Å². The van der Waals surface area contributed by atoms with Gasteiger partial charge in [-0.1, -0.05) is 36.7 Å². The topological polar surface area (TPSA) is 45.2 Å². The first-order valence-corrected chi connectivity index (χ1v) is 9.00. The minimum absolute atomic E-state index is 0.0901. The Morgan fingerprint density at radius 1 is 1.38 bits per heavy atom. The lowest BCUT2D eigenvalue weighted by atomic mass is 9.98. The third kappa shape index (κ3) is 3.87. The second-order valence-electron chi connectivity index (χ2n) is 6.79. The number of rotatable bonds is 4. The van der Waals surface area contributed by atoms with Gasteiger partial charge >= 0.3 is 0 Å². The maximum atomic E-state index is 12.6. The number of carbonyl (C=O) groups is 1. The highest BCUT2D eigenvalue weighted by Gasteiger charge is 2.21. The van der Waals surface area contributed by atoms with Crippen molar-refractivity contribution in [2.75, 3.05) is 19.6 Å². The minimum atomic E-state index is -0.0901. The third-order valence-corrected chi connectivity index (χ3v) is 5.12. The molecule has 1 fully saturated rings. The van der Waals surface area contributed by atoms with Crippen LogP contribution in [0.1, 0.15) is 37.0 Å². The fourth-order valence-electron chi connectivity index (χ4n) is 3.27. The normalized spacial score (nSPS) is 17.8. The van der Waals surface area contributed by atoms with Crippen LogP contribution in [0.3, 0.4) is 0 Å². The van der Waals surface area contributed by atoms with Gasteiger partial charge in [0.25, 0.3) is 5.91 Å². The molecule has 2 heterocycles. The van der Waals surface area contributed by atoms with Crippen LogP contribution in [-0.4, -0.2) is 41.5 Å². The number of likely N-dealkylation sites (tertiary alicyclic amines) is 1.